The van der Waals surface area contributed by atoms with Crippen LogP contribution in [0.3, 0.4) is 0 Å². The first-order valence-corrected chi connectivity index (χ1v) is 6.82. The van der Waals surface area contributed by atoms with Crippen molar-refractivity contribution in [2.75, 3.05) is 0 Å². The lowest BCUT2D eigenvalue weighted by atomic mass is 10.4. The summed E-state index contributed by atoms with van der Waals surface area (Å²) in [4.78, 5) is 0.713. The van der Waals surface area contributed by atoms with Gasteiger partial charge in [-0.1, -0.05) is 69.8 Å². The highest BCUT2D eigenvalue weighted by molar-refractivity contribution is 8.04. The number of hydrogen-bond acceptors (Lipinski definition) is 1. The van der Waals surface area contributed by atoms with Crippen molar-refractivity contribution in [2.24, 2.45) is 0 Å². The molecule has 0 amide bonds. The van der Waals surface area contributed by atoms with Crippen molar-refractivity contribution in [3.05, 3.63) is 49.0 Å². The van der Waals surface area contributed by atoms with Crippen molar-refractivity contribution in [1.29, 1.82) is 0 Å². The largest absolute Gasteiger partial charge is 0.207 e. The minimum absolute atomic E-state index is 0.0328. The molecule has 0 spiro atoms. The van der Waals surface area contributed by atoms with Gasteiger partial charge in [0.05, 0.1) is 14.4 Å². The van der Waals surface area contributed by atoms with Crippen LogP contribution in [0, 0.1) is 5.82 Å². The summed E-state index contributed by atoms with van der Waals surface area (Å²) in [7, 11) is 0. The summed E-state index contributed by atoms with van der Waals surface area (Å²) in [6.07, 6.45) is 0. The SMILES string of the molecule is Fc1ccc(S/C(Cl)=C(/Cl)C(Cl)=C(Cl)Cl)cc1. The third-order valence-corrected chi connectivity index (χ3v) is 4.50. The molecule has 0 saturated carbocycles. The van der Waals surface area contributed by atoms with Crippen LogP contribution in [0.5, 0.6) is 0 Å². The summed E-state index contributed by atoms with van der Waals surface area (Å²) < 4.78 is 12.7. The topological polar surface area (TPSA) is 0 Å². The minimum Gasteiger partial charge on any atom is -0.207 e. The fourth-order valence-electron chi connectivity index (χ4n) is 0.820. The molecule has 0 aliphatic rings. The van der Waals surface area contributed by atoms with Crippen LogP contribution >= 0.6 is 69.8 Å². The normalized spacial score (nSPS) is 12.1. The quantitative estimate of drug-likeness (QED) is 0.445. The Kier molecular flexibility index (Phi) is 6.49. The average molecular weight is 352 g/mol. The first-order chi connectivity index (χ1) is 7.91. The van der Waals surface area contributed by atoms with Crippen LogP contribution in [-0.4, -0.2) is 0 Å². The Hall–Kier alpha value is 0.430. The molecule has 0 radical (unpaired) electrons. The maximum absolute atomic E-state index is 12.7. The summed E-state index contributed by atoms with van der Waals surface area (Å²) in [6.45, 7) is 0. The van der Waals surface area contributed by atoms with Crippen molar-refractivity contribution < 1.29 is 4.39 Å². The Morgan fingerprint density at radius 1 is 0.882 bits per heavy atom. The molecule has 0 unspecified atom stereocenters. The zero-order valence-corrected chi connectivity index (χ0v) is 12.6. The van der Waals surface area contributed by atoms with Gasteiger partial charge >= 0.3 is 0 Å². The van der Waals surface area contributed by atoms with Crippen molar-refractivity contribution in [3.63, 3.8) is 0 Å². The van der Waals surface area contributed by atoms with E-state index < -0.39 is 0 Å². The van der Waals surface area contributed by atoms with Gasteiger partial charge in [-0.2, -0.15) is 0 Å². The predicted molar refractivity (Wildman–Crippen MR) is 75.6 cm³/mol. The Labute approximate surface area is 127 Å². The molecule has 1 rings (SSSR count). The van der Waals surface area contributed by atoms with E-state index in [0.29, 0.717) is 4.90 Å². The van der Waals surface area contributed by atoms with E-state index in [4.69, 9.17) is 58.0 Å². The highest BCUT2D eigenvalue weighted by Gasteiger charge is 2.11. The number of benzene rings is 1. The minimum atomic E-state index is -0.331. The smallest absolute Gasteiger partial charge is 0.127 e. The zero-order chi connectivity index (χ0) is 13.0. The van der Waals surface area contributed by atoms with Gasteiger partial charge in [-0.15, -0.1) is 0 Å². The van der Waals surface area contributed by atoms with Gasteiger partial charge in [-0.25, -0.2) is 4.39 Å². The molecule has 1 aromatic carbocycles. The molecule has 0 saturated heterocycles. The fraction of sp³-hybridized carbons (Fsp3) is 0. The lowest BCUT2D eigenvalue weighted by molar-refractivity contribution is 0.626. The monoisotopic (exact) mass is 350 g/mol. The molecule has 17 heavy (non-hydrogen) atoms. The summed E-state index contributed by atoms with van der Waals surface area (Å²) in [5.41, 5.74) is 0. The van der Waals surface area contributed by atoms with Gasteiger partial charge in [0.25, 0.3) is 0 Å². The predicted octanol–water partition coefficient (Wildman–Crippen LogP) is 6.45. The van der Waals surface area contributed by atoms with Gasteiger partial charge in [0, 0.05) is 4.90 Å². The molecule has 0 fully saturated rings. The molecule has 0 N–H and O–H groups in total. The Bertz CT molecular complexity index is 462. The van der Waals surface area contributed by atoms with Gasteiger partial charge in [-0.3, -0.25) is 0 Å². The van der Waals surface area contributed by atoms with Crippen LogP contribution < -0.4 is 0 Å². The average Bonchev–Trinajstić information content (AvgIpc) is 2.30. The lowest BCUT2D eigenvalue weighted by Gasteiger charge is -2.03. The molecule has 0 heterocycles. The zero-order valence-electron chi connectivity index (χ0n) is 7.99. The van der Waals surface area contributed by atoms with E-state index in [1.54, 1.807) is 12.1 Å². The number of allylic oxidation sites excluding steroid dienone is 2. The van der Waals surface area contributed by atoms with Crippen LogP contribution in [0.25, 0.3) is 0 Å². The summed E-state index contributed by atoms with van der Waals surface area (Å²) in [5.74, 6) is -0.331. The van der Waals surface area contributed by atoms with Gasteiger partial charge in [0.1, 0.15) is 10.3 Å². The van der Waals surface area contributed by atoms with Crippen LogP contribution in [0.1, 0.15) is 0 Å². The maximum atomic E-state index is 12.7. The number of thioether (sulfide) groups is 1. The number of rotatable bonds is 3. The van der Waals surface area contributed by atoms with E-state index in [2.05, 4.69) is 0 Å². The van der Waals surface area contributed by atoms with Gasteiger partial charge in [0.2, 0.25) is 0 Å². The highest BCUT2D eigenvalue weighted by atomic mass is 35.5. The van der Waals surface area contributed by atoms with Crippen LogP contribution in [0.2, 0.25) is 0 Å². The van der Waals surface area contributed by atoms with Gasteiger partial charge < -0.3 is 0 Å². The van der Waals surface area contributed by atoms with Crippen LogP contribution in [0.4, 0.5) is 4.39 Å². The first-order valence-electron chi connectivity index (χ1n) is 4.11. The molecular weight excluding hydrogens is 348 g/mol. The van der Waals surface area contributed by atoms with Crippen molar-refractivity contribution in [2.45, 2.75) is 4.90 Å². The Morgan fingerprint density at radius 3 is 1.88 bits per heavy atom. The first kappa shape index (κ1) is 15.5. The van der Waals surface area contributed by atoms with E-state index >= 15 is 0 Å². The Morgan fingerprint density at radius 2 is 1.41 bits per heavy atom. The fourth-order valence-corrected chi connectivity index (χ4v) is 2.55. The molecular formula is C10H4Cl5FS. The van der Waals surface area contributed by atoms with E-state index in [1.807, 2.05) is 0 Å². The van der Waals surface area contributed by atoms with E-state index in [0.717, 1.165) is 11.8 Å². The van der Waals surface area contributed by atoms with Crippen molar-refractivity contribution in [3.8, 4) is 0 Å². The summed E-state index contributed by atoms with van der Waals surface area (Å²) in [5, 5.41) is 0.0114. The molecule has 92 valence electrons. The molecule has 1 aromatic rings. The van der Waals surface area contributed by atoms with E-state index in [9.17, 15) is 4.39 Å². The standard InChI is InChI=1S/C10H4Cl5FS/c11-7(9(13)14)8(12)10(15)17-6-3-1-5(16)2-4-6/h1-4H/b10-8+. The molecule has 0 nitrogen and oxygen atoms in total. The molecule has 0 aliphatic carbocycles. The van der Waals surface area contributed by atoms with E-state index in [1.165, 1.54) is 12.1 Å². The van der Waals surface area contributed by atoms with Gasteiger partial charge in [-0.05, 0) is 24.3 Å². The van der Waals surface area contributed by atoms with Crippen LogP contribution in [0.15, 0.2) is 48.1 Å². The Balaban J connectivity index is 2.92. The molecule has 0 aliphatic heterocycles. The number of hydrogen-bond donors (Lipinski definition) is 0. The second kappa shape index (κ2) is 7.13. The summed E-state index contributed by atoms with van der Waals surface area (Å²) >= 11 is 29.6. The molecule has 0 aromatic heterocycles. The van der Waals surface area contributed by atoms with Crippen LogP contribution in [-0.2, 0) is 0 Å². The maximum Gasteiger partial charge on any atom is 0.127 e. The van der Waals surface area contributed by atoms with Crippen molar-refractivity contribution >= 4 is 69.8 Å². The van der Waals surface area contributed by atoms with Crippen molar-refractivity contribution in [1.82, 2.24) is 0 Å². The second-order valence-corrected chi connectivity index (χ2v) is 6.11. The number of halogens is 6. The third-order valence-electron chi connectivity index (χ3n) is 1.55. The molecule has 0 bridgehead atoms. The highest BCUT2D eigenvalue weighted by Crippen LogP contribution is 2.39. The van der Waals surface area contributed by atoms with Gasteiger partial charge in [0.15, 0.2) is 0 Å². The molecule has 7 heteroatoms. The third kappa shape index (κ3) is 4.90. The summed E-state index contributed by atoms with van der Waals surface area (Å²) in [6, 6.07) is 5.75. The molecule has 0 atom stereocenters. The second-order valence-electron chi connectivity index (χ2n) is 2.72. The lowest BCUT2D eigenvalue weighted by Crippen LogP contribution is -1.79. The van der Waals surface area contributed by atoms with E-state index in [-0.39, 0.29) is 24.7 Å².